The summed E-state index contributed by atoms with van der Waals surface area (Å²) in [5.74, 6) is 0.137. The lowest BCUT2D eigenvalue weighted by molar-refractivity contribution is -0.122. The maximum absolute atomic E-state index is 12.3. The highest BCUT2D eigenvalue weighted by atomic mass is 127. The van der Waals surface area contributed by atoms with Gasteiger partial charge >= 0.3 is 0 Å². The monoisotopic (exact) mass is 358 g/mol. The van der Waals surface area contributed by atoms with E-state index in [4.69, 9.17) is 0 Å². The summed E-state index contributed by atoms with van der Waals surface area (Å²) < 4.78 is 1.18. The van der Waals surface area contributed by atoms with E-state index in [0.717, 1.165) is 31.6 Å². The summed E-state index contributed by atoms with van der Waals surface area (Å²) in [6, 6.07) is 7.98. The Morgan fingerprint density at radius 1 is 1.39 bits per heavy atom. The fourth-order valence-electron chi connectivity index (χ4n) is 2.43. The van der Waals surface area contributed by atoms with Crippen LogP contribution >= 0.6 is 22.6 Å². The molecule has 2 rings (SSSR count). The third-order valence-electron chi connectivity index (χ3n) is 3.43. The van der Waals surface area contributed by atoms with E-state index in [1.165, 1.54) is 9.99 Å². The van der Waals surface area contributed by atoms with E-state index >= 15 is 0 Å². The van der Waals surface area contributed by atoms with Crippen LogP contribution in [0.5, 0.6) is 0 Å². The van der Waals surface area contributed by atoms with E-state index in [0.29, 0.717) is 0 Å². The second-order valence-electron chi connectivity index (χ2n) is 4.64. The number of nitrogens with zero attached hydrogens (tertiary/aromatic N) is 1. The Morgan fingerprint density at radius 2 is 2.11 bits per heavy atom. The molecule has 3 nitrogen and oxygen atoms in total. The minimum absolute atomic E-state index is 0.0445. The third-order valence-corrected chi connectivity index (χ3v) is 4.15. The van der Waals surface area contributed by atoms with Crippen LogP contribution in [0.1, 0.15) is 26.2 Å². The van der Waals surface area contributed by atoms with Crippen molar-refractivity contribution in [1.29, 1.82) is 0 Å². The summed E-state index contributed by atoms with van der Waals surface area (Å²) in [6.45, 7) is 4.11. The highest BCUT2D eigenvalue weighted by Gasteiger charge is 2.27. The van der Waals surface area contributed by atoms with Crippen molar-refractivity contribution in [3.8, 4) is 0 Å². The molecular formula is C14H19IN2O. The highest BCUT2D eigenvalue weighted by Crippen LogP contribution is 2.19. The Kier molecular flexibility index (Phi) is 5.00. The topological polar surface area (TPSA) is 32.3 Å². The van der Waals surface area contributed by atoms with Gasteiger partial charge in [0.05, 0.1) is 6.04 Å². The number of anilines is 1. The quantitative estimate of drug-likeness (QED) is 0.843. The molecule has 1 aliphatic heterocycles. The molecule has 0 saturated carbocycles. The number of likely N-dealkylation sites (tertiary alicyclic amines) is 1. The number of nitrogens with one attached hydrogen (secondary N) is 1. The molecular weight excluding hydrogens is 339 g/mol. The number of carbonyl (C=O) groups is 1. The average molecular weight is 358 g/mol. The van der Waals surface area contributed by atoms with E-state index in [9.17, 15) is 4.79 Å². The summed E-state index contributed by atoms with van der Waals surface area (Å²) >= 11 is 2.26. The van der Waals surface area contributed by atoms with Crippen molar-refractivity contribution < 1.29 is 4.79 Å². The number of hydrogen-bond acceptors (Lipinski definition) is 2. The van der Waals surface area contributed by atoms with E-state index in [2.05, 4.69) is 39.7 Å². The van der Waals surface area contributed by atoms with Crippen LogP contribution in [0.4, 0.5) is 5.69 Å². The largest absolute Gasteiger partial charge is 0.325 e. The summed E-state index contributed by atoms with van der Waals surface area (Å²) in [4.78, 5) is 14.5. The number of likely N-dealkylation sites (N-methyl/N-ethyl adjacent to an activating group) is 1. The molecule has 4 heteroatoms. The maximum Gasteiger partial charge on any atom is 0.241 e. The van der Waals surface area contributed by atoms with Gasteiger partial charge in [0.1, 0.15) is 0 Å². The maximum atomic E-state index is 12.3. The molecule has 1 aromatic rings. The standard InChI is InChI=1S/C14H19IN2O/c1-2-17-10-4-3-5-13(17)14(18)16-12-8-6-11(15)7-9-12/h6-9,13H,2-5,10H2,1H3,(H,16,18)/t13-/m1/s1. The van der Waals surface area contributed by atoms with Gasteiger partial charge in [0.25, 0.3) is 0 Å². The average Bonchev–Trinajstić information content (AvgIpc) is 2.41. The van der Waals surface area contributed by atoms with Gasteiger partial charge in [-0.25, -0.2) is 0 Å². The van der Waals surface area contributed by atoms with Crippen molar-refractivity contribution in [3.05, 3.63) is 27.8 Å². The summed E-state index contributed by atoms with van der Waals surface area (Å²) in [6.07, 6.45) is 3.34. The third kappa shape index (κ3) is 3.45. The summed E-state index contributed by atoms with van der Waals surface area (Å²) in [7, 11) is 0. The van der Waals surface area contributed by atoms with Gasteiger partial charge < -0.3 is 5.32 Å². The van der Waals surface area contributed by atoms with Gasteiger partial charge in [-0.1, -0.05) is 13.3 Å². The molecule has 1 atom stereocenters. The van der Waals surface area contributed by atoms with Crippen LogP contribution in [0, 0.1) is 3.57 Å². The van der Waals surface area contributed by atoms with Gasteiger partial charge in [0.15, 0.2) is 0 Å². The lowest BCUT2D eigenvalue weighted by atomic mass is 10.0. The number of amides is 1. The van der Waals surface area contributed by atoms with Gasteiger partial charge in [-0.15, -0.1) is 0 Å². The molecule has 0 unspecified atom stereocenters. The predicted molar refractivity (Wildman–Crippen MR) is 82.7 cm³/mol. The van der Waals surface area contributed by atoms with Crippen LogP contribution in [0.3, 0.4) is 0 Å². The van der Waals surface area contributed by atoms with E-state index in [1.54, 1.807) is 0 Å². The van der Waals surface area contributed by atoms with Gasteiger partial charge in [-0.05, 0) is 72.8 Å². The molecule has 1 aliphatic rings. The number of piperidine rings is 1. The van der Waals surface area contributed by atoms with Crippen LogP contribution in [-0.2, 0) is 4.79 Å². The van der Waals surface area contributed by atoms with Crippen molar-refractivity contribution >= 4 is 34.2 Å². The van der Waals surface area contributed by atoms with Crippen LogP contribution in [-0.4, -0.2) is 29.9 Å². The molecule has 0 aliphatic carbocycles. The molecule has 0 aromatic heterocycles. The van der Waals surface area contributed by atoms with E-state index in [1.807, 2.05) is 24.3 Å². The van der Waals surface area contributed by atoms with Crippen LogP contribution in [0.2, 0.25) is 0 Å². The second-order valence-corrected chi connectivity index (χ2v) is 5.88. The fourth-order valence-corrected chi connectivity index (χ4v) is 2.78. The Balaban J connectivity index is 2.00. The first-order valence-electron chi connectivity index (χ1n) is 6.51. The van der Waals surface area contributed by atoms with Crippen LogP contribution < -0.4 is 5.32 Å². The van der Waals surface area contributed by atoms with Crippen molar-refractivity contribution in [2.75, 3.05) is 18.4 Å². The molecule has 1 saturated heterocycles. The lowest BCUT2D eigenvalue weighted by Gasteiger charge is -2.33. The molecule has 1 N–H and O–H groups in total. The Hall–Kier alpha value is -0.620. The Bertz CT molecular complexity index is 405. The van der Waals surface area contributed by atoms with Crippen molar-refractivity contribution in [2.24, 2.45) is 0 Å². The number of carbonyl (C=O) groups excluding carboxylic acids is 1. The molecule has 18 heavy (non-hydrogen) atoms. The smallest absolute Gasteiger partial charge is 0.241 e. The van der Waals surface area contributed by atoms with Gasteiger partial charge in [0.2, 0.25) is 5.91 Å². The first-order chi connectivity index (χ1) is 8.70. The normalized spacial score (nSPS) is 20.7. The molecule has 1 aromatic carbocycles. The minimum Gasteiger partial charge on any atom is -0.325 e. The zero-order valence-electron chi connectivity index (χ0n) is 10.7. The second kappa shape index (κ2) is 6.52. The van der Waals surface area contributed by atoms with Gasteiger partial charge in [0, 0.05) is 9.26 Å². The number of rotatable bonds is 3. The van der Waals surface area contributed by atoms with E-state index < -0.39 is 0 Å². The Morgan fingerprint density at radius 3 is 2.78 bits per heavy atom. The molecule has 1 amide bonds. The molecule has 1 heterocycles. The minimum atomic E-state index is 0.0445. The van der Waals surface area contributed by atoms with Crippen molar-refractivity contribution in [3.63, 3.8) is 0 Å². The van der Waals surface area contributed by atoms with Crippen molar-refractivity contribution in [2.45, 2.75) is 32.2 Å². The molecule has 0 radical (unpaired) electrons. The SMILES string of the molecule is CCN1CCCC[C@@H]1C(=O)Nc1ccc(I)cc1. The van der Waals surface area contributed by atoms with Gasteiger partial charge in [-0.3, -0.25) is 9.69 Å². The zero-order valence-corrected chi connectivity index (χ0v) is 12.8. The first kappa shape index (κ1) is 13.8. The predicted octanol–water partition coefficient (Wildman–Crippen LogP) is 3.10. The first-order valence-corrected chi connectivity index (χ1v) is 7.59. The molecule has 0 spiro atoms. The van der Waals surface area contributed by atoms with E-state index in [-0.39, 0.29) is 11.9 Å². The molecule has 0 bridgehead atoms. The number of benzene rings is 1. The molecule has 98 valence electrons. The highest BCUT2D eigenvalue weighted by molar-refractivity contribution is 14.1. The van der Waals surface area contributed by atoms with Crippen LogP contribution in [0.25, 0.3) is 0 Å². The fraction of sp³-hybridized carbons (Fsp3) is 0.500. The summed E-state index contributed by atoms with van der Waals surface area (Å²) in [5.41, 5.74) is 0.891. The van der Waals surface area contributed by atoms with Crippen molar-refractivity contribution in [1.82, 2.24) is 4.90 Å². The zero-order chi connectivity index (χ0) is 13.0. The molecule has 1 fully saturated rings. The summed E-state index contributed by atoms with van der Waals surface area (Å²) in [5, 5.41) is 3.02. The van der Waals surface area contributed by atoms with Crippen LogP contribution in [0.15, 0.2) is 24.3 Å². The lowest BCUT2D eigenvalue weighted by Crippen LogP contribution is -2.46. The number of halogens is 1. The Labute approximate surface area is 122 Å². The van der Waals surface area contributed by atoms with Gasteiger partial charge in [-0.2, -0.15) is 0 Å². The number of hydrogen-bond donors (Lipinski definition) is 1.